The van der Waals surface area contributed by atoms with Gasteiger partial charge in [-0.05, 0) is 94.9 Å². The molecule has 3 fully saturated rings. The number of nitrogens with one attached hydrogen (secondary N) is 1. The van der Waals surface area contributed by atoms with E-state index in [1.54, 1.807) is 6.20 Å². The fourth-order valence-corrected chi connectivity index (χ4v) is 7.62. The predicted molar refractivity (Wildman–Crippen MR) is 159 cm³/mol. The summed E-state index contributed by atoms with van der Waals surface area (Å²) in [6.45, 7) is 10.3. The van der Waals surface area contributed by atoms with Crippen LogP contribution in [0.1, 0.15) is 69.5 Å². The number of fused-ring (bicyclic) bond motifs is 1. The van der Waals surface area contributed by atoms with Gasteiger partial charge in [-0.2, -0.15) is 9.61 Å². The summed E-state index contributed by atoms with van der Waals surface area (Å²) in [5.74, 6) is 2.68. The van der Waals surface area contributed by atoms with Crippen LogP contribution >= 0.6 is 11.6 Å². The van der Waals surface area contributed by atoms with E-state index in [1.807, 2.05) is 23.6 Å². The first-order valence-electron chi connectivity index (χ1n) is 14.8. The van der Waals surface area contributed by atoms with Gasteiger partial charge in [0.05, 0.1) is 17.7 Å². The van der Waals surface area contributed by atoms with E-state index >= 15 is 0 Å². The van der Waals surface area contributed by atoms with Gasteiger partial charge in [0.25, 0.3) is 0 Å². The summed E-state index contributed by atoms with van der Waals surface area (Å²) in [4.78, 5) is 21.5. The van der Waals surface area contributed by atoms with Gasteiger partial charge in [0, 0.05) is 42.8 Å². The molecule has 0 radical (unpaired) electrons. The summed E-state index contributed by atoms with van der Waals surface area (Å²) in [7, 11) is 0. The van der Waals surface area contributed by atoms with Crippen molar-refractivity contribution in [3.8, 4) is 0 Å². The van der Waals surface area contributed by atoms with Crippen LogP contribution in [0.5, 0.6) is 0 Å². The molecule has 1 aromatic carbocycles. The number of hydrogen-bond donors (Lipinski definition) is 2. The number of halogens is 1. The fourth-order valence-electron chi connectivity index (χ4n) is 7.22. The number of anilines is 2. The molecule has 2 saturated heterocycles. The van der Waals surface area contributed by atoms with Crippen LogP contribution in [0.4, 0.5) is 11.6 Å². The molecule has 4 heterocycles. The van der Waals surface area contributed by atoms with Gasteiger partial charge >= 0.3 is 5.97 Å². The van der Waals surface area contributed by atoms with Crippen LogP contribution in [0.3, 0.4) is 0 Å². The molecule has 2 N–H and O–H groups in total. The zero-order valence-electron chi connectivity index (χ0n) is 23.8. The molecule has 9 heteroatoms. The fraction of sp³-hybridized carbons (Fsp3) is 0.581. The van der Waals surface area contributed by atoms with E-state index in [9.17, 15) is 9.90 Å². The van der Waals surface area contributed by atoms with Crippen molar-refractivity contribution in [3.05, 3.63) is 52.7 Å². The van der Waals surface area contributed by atoms with Crippen LogP contribution in [0, 0.1) is 24.2 Å². The number of aromatic nitrogens is 3. The molecule has 2 atom stereocenters. The van der Waals surface area contributed by atoms with Crippen molar-refractivity contribution in [2.45, 2.75) is 71.4 Å². The molecular formula is C31H41ClN6O2. The predicted octanol–water partition coefficient (Wildman–Crippen LogP) is 6.05. The lowest BCUT2D eigenvalue weighted by atomic mass is 9.65. The summed E-state index contributed by atoms with van der Waals surface area (Å²) in [6, 6.07) is 10.7. The second-order valence-corrected chi connectivity index (χ2v) is 13.0. The standard InChI is InChI=1S/C31H41ClN6O2/c1-20-6-7-25(26(32)15-20)21(2)34-29-16-28(35-27-8-11-33-38(27)29)36-13-9-22(10-14-36)23-5-4-12-37(19-23)24-17-31(3,18-24)30(39)40/h6-8,11,15-16,21-24,34H,4-5,9-10,12-14,17-19H2,1-3H3,(H,39,40)/t21-,23+,24?,31?/m1/s1. The van der Waals surface area contributed by atoms with E-state index in [-0.39, 0.29) is 6.04 Å². The Morgan fingerprint density at radius 2 is 1.90 bits per heavy atom. The molecule has 1 aliphatic carbocycles. The number of aryl methyl sites for hydroxylation is 1. The number of rotatable bonds is 7. The third kappa shape index (κ3) is 5.28. The highest BCUT2D eigenvalue weighted by molar-refractivity contribution is 6.31. The summed E-state index contributed by atoms with van der Waals surface area (Å²) in [5.41, 5.74) is 2.52. The minimum Gasteiger partial charge on any atom is -0.481 e. The van der Waals surface area contributed by atoms with Crippen molar-refractivity contribution in [2.24, 2.45) is 17.3 Å². The summed E-state index contributed by atoms with van der Waals surface area (Å²) >= 11 is 6.57. The van der Waals surface area contributed by atoms with Gasteiger partial charge in [-0.25, -0.2) is 4.98 Å². The van der Waals surface area contributed by atoms with Crippen molar-refractivity contribution < 1.29 is 9.90 Å². The van der Waals surface area contributed by atoms with Crippen LogP contribution < -0.4 is 10.2 Å². The van der Waals surface area contributed by atoms with E-state index in [4.69, 9.17) is 16.6 Å². The molecule has 0 bridgehead atoms. The molecule has 0 spiro atoms. The van der Waals surface area contributed by atoms with Gasteiger partial charge in [0.15, 0.2) is 5.65 Å². The zero-order valence-corrected chi connectivity index (χ0v) is 24.6. The number of nitrogens with zero attached hydrogens (tertiary/aromatic N) is 5. The SMILES string of the molecule is Cc1ccc([C@@H](C)Nc2cc(N3CCC([C@H]4CCCN(C5CC(C)(C(=O)O)C5)C4)CC3)nc3ccnn23)c(Cl)c1. The molecule has 40 heavy (non-hydrogen) atoms. The first-order valence-corrected chi connectivity index (χ1v) is 15.2. The van der Waals surface area contributed by atoms with Crippen LogP contribution in [0.2, 0.25) is 5.02 Å². The highest BCUT2D eigenvalue weighted by Crippen LogP contribution is 2.45. The quantitative estimate of drug-likeness (QED) is 0.361. The maximum atomic E-state index is 11.6. The van der Waals surface area contributed by atoms with Crippen molar-refractivity contribution in [1.29, 1.82) is 0 Å². The normalized spacial score (nSPS) is 26.9. The van der Waals surface area contributed by atoms with E-state index in [0.29, 0.717) is 17.9 Å². The molecule has 8 nitrogen and oxygen atoms in total. The minimum absolute atomic E-state index is 0.0137. The Kier molecular flexibility index (Phi) is 7.42. The molecule has 2 aliphatic heterocycles. The molecular weight excluding hydrogens is 524 g/mol. The Balaban J connectivity index is 1.10. The number of hydrogen-bond acceptors (Lipinski definition) is 6. The summed E-state index contributed by atoms with van der Waals surface area (Å²) < 4.78 is 1.86. The third-order valence-corrected chi connectivity index (χ3v) is 10.1. The Morgan fingerprint density at radius 3 is 2.62 bits per heavy atom. The van der Waals surface area contributed by atoms with Gasteiger partial charge < -0.3 is 20.2 Å². The number of likely N-dealkylation sites (tertiary alicyclic amines) is 1. The van der Waals surface area contributed by atoms with Crippen LogP contribution in [0.15, 0.2) is 36.5 Å². The van der Waals surface area contributed by atoms with E-state index < -0.39 is 11.4 Å². The second-order valence-electron chi connectivity index (χ2n) is 12.6. The number of piperidine rings is 2. The number of carbonyl (C=O) groups is 1. The highest BCUT2D eigenvalue weighted by Gasteiger charge is 2.49. The lowest BCUT2D eigenvalue weighted by molar-refractivity contribution is -0.158. The van der Waals surface area contributed by atoms with Gasteiger partial charge in [0.2, 0.25) is 0 Å². The molecule has 3 aliphatic rings. The third-order valence-electron chi connectivity index (χ3n) is 9.76. The number of carboxylic acid groups (broad SMARTS) is 1. The number of aliphatic carboxylic acids is 1. The van der Waals surface area contributed by atoms with Gasteiger partial charge in [0.1, 0.15) is 11.6 Å². The Morgan fingerprint density at radius 1 is 1.12 bits per heavy atom. The van der Waals surface area contributed by atoms with Crippen molar-refractivity contribution >= 4 is 34.9 Å². The van der Waals surface area contributed by atoms with E-state index in [1.165, 1.54) is 25.7 Å². The van der Waals surface area contributed by atoms with E-state index in [2.05, 4.69) is 52.3 Å². The smallest absolute Gasteiger partial charge is 0.309 e. The molecule has 0 unspecified atom stereocenters. The maximum absolute atomic E-state index is 11.6. The summed E-state index contributed by atoms with van der Waals surface area (Å²) in [5, 5.41) is 18.4. The monoisotopic (exact) mass is 564 g/mol. The Bertz CT molecular complexity index is 1380. The molecule has 0 amide bonds. The molecule has 1 saturated carbocycles. The Hall–Kier alpha value is -2.84. The lowest BCUT2D eigenvalue weighted by Gasteiger charge is -2.51. The van der Waals surface area contributed by atoms with Crippen LogP contribution in [-0.4, -0.2) is 62.8 Å². The molecule has 214 valence electrons. The Labute approximate surface area is 241 Å². The van der Waals surface area contributed by atoms with Crippen molar-refractivity contribution in [2.75, 3.05) is 36.4 Å². The van der Waals surface area contributed by atoms with Gasteiger partial charge in [-0.1, -0.05) is 23.7 Å². The lowest BCUT2D eigenvalue weighted by Crippen LogP contribution is -2.56. The molecule has 2 aromatic heterocycles. The first-order chi connectivity index (χ1) is 19.2. The topological polar surface area (TPSA) is 86.0 Å². The summed E-state index contributed by atoms with van der Waals surface area (Å²) in [6.07, 6.45) is 8.23. The van der Waals surface area contributed by atoms with Gasteiger partial charge in [-0.3, -0.25) is 4.79 Å². The second kappa shape index (κ2) is 10.9. The zero-order chi connectivity index (χ0) is 28.0. The van der Waals surface area contributed by atoms with Crippen molar-refractivity contribution in [1.82, 2.24) is 19.5 Å². The van der Waals surface area contributed by atoms with Crippen LogP contribution in [0.25, 0.3) is 5.65 Å². The molecule has 3 aromatic rings. The number of carboxylic acids is 1. The average molecular weight is 565 g/mol. The highest BCUT2D eigenvalue weighted by atomic mass is 35.5. The minimum atomic E-state index is -0.640. The average Bonchev–Trinajstić information content (AvgIpc) is 3.40. The maximum Gasteiger partial charge on any atom is 0.309 e. The first kappa shape index (κ1) is 27.3. The van der Waals surface area contributed by atoms with Crippen molar-refractivity contribution in [3.63, 3.8) is 0 Å². The van der Waals surface area contributed by atoms with Crippen LogP contribution in [-0.2, 0) is 4.79 Å². The number of benzene rings is 1. The largest absolute Gasteiger partial charge is 0.481 e. The van der Waals surface area contributed by atoms with E-state index in [0.717, 1.165) is 72.5 Å². The van der Waals surface area contributed by atoms with Gasteiger partial charge in [-0.15, -0.1) is 0 Å². The molecule has 6 rings (SSSR count).